The molecule has 0 aliphatic rings. The number of pyridine rings is 1. The van der Waals surface area contributed by atoms with Gasteiger partial charge in [0.25, 0.3) is 0 Å². The van der Waals surface area contributed by atoms with Crippen molar-refractivity contribution in [2.75, 3.05) is 18.9 Å². The zero-order valence-electron chi connectivity index (χ0n) is 9.49. The Kier molecular flexibility index (Phi) is 3.91. The number of aromatic nitrogens is 1. The lowest BCUT2D eigenvalue weighted by atomic mass is 10.2. The Hall–Kier alpha value is -1.29. The average Bonchev–Trinajstić information content (AvgIpc) is 2.13. The van der Waals surface area contributed by atoms with Crippen LogP contribution >= 0.6 is 0 Å². The molecule has 1 rings (SSSR count). The van der Waals surface area contributed by atoms with Crippen molar-refractivity contribution >= 4 is 5.69 Å². The van der Waals surface area contributed by atoms with Crippen LogP contribution in [0.5, 0.6) is 5.88 Å². The number of ether oxygens (including phenoxy) is 2. The average molecular weight is 210 g/mol. The topological polar surface area (TPSA) is 57.4 Å². The van der Waals surface area contributed by atoms with Gasteiger partial charge < -0.3 is 15.2 Å². The molecule has 0 saturated carbocycles. The monoisotopic (exact) mass is 210 g/mol. The zero-order valence-corrected chi connectivity index (χ0v) is 9.49. The lowest BCUT2D eigenvalue weighted by Gasteiger charge is -2.19. The summed E-state index contributed by atoms with van der Waals surface area (Å²) in [7, 11) is 0. The van der Waals surface area contributed by atoms with Crippen molar-refractivity contribution in [2.45, 2.75) is 26.4 Å². The molecule has 4 nitrogen and oxygen atoms in total. The molecule has 4 heteroatoms. The van der Waals surface area contributed by atoms with Crippen LogP contribution < -0.4 is 10.5 Å². The van der Waals surface area contributed by atoms with E-state index in [1.165, 1.54) is 0 Å². The number of hydrogen-bond acceptors (Lipinski definition) is 4. The van der Waals surface area contributed by atoms with Gasteiger partial charge in [-0.2, -0.15) is 0 Å². The van der Waals surface area contributed by atoms with Crippen LogP contribution in [0.4, 0.5) is 5.69 Å². The number of nitrogen functional groups attached to an aromatic ring is 1. The van der Waals surface area contributed by atoms with E-state index in [1.807, 2.05) is 20.8 Å². The lowest BCUT2D eigenvalue weighted by Crippen LogP contribution is -2.22. The molecule has 0 bridgehead atoms. The minimum Gasteiger partial charge on any atom is -0.474 e. The first kappa shape index (κ1) is 11.8. The van der Waals surface area contributed by atoms with E-state index in [2.05, 4.69) is 4.98 Å². The molecule has 1 heterocycles. The van der Waals surface area contributed by atoms with E-state index in [4.69, 9.17) is 15.2 Å². The Morgan fingerprint density at radius 1 is 1.33 bits per heavy atom. The van der Waals surface area contributed by atoms with Crippen molar-refractivity contribution in [1.82, 2.24) is 4.98 Å². The maximum absolute atomic E-state index is 5.66. The van der Waals surface area contributed by atoms with Crippen molar-refractivity contribution < 1.29 is 9.47 Å². The predicted molar refractivity (Wildman–Crippen MR) is 59.8 cm³/mol. The molecular weight excluding hydrogens is 192 g/mol. The summed E-state index contributed by atoms with van der Waals surface area (Å²) < 4.78 is 10.9. The number of nitrogens with two attached hydrogens (primary N) is 1. The van der Waals surface area contributed by atoms with Crippen molar-refractivity contribution in [2.24, 2.45) is 0 Å². The molecular formula is C11H18N2O2. The molecule has 0 unspecified atom stereocenters. The normalized spacial score (nSPS) is 11.4. The van der Waals surface area contributed by atoms with Gasteiger partial charge in [-0.15, -0.1) is 0 Å². The molecule has 0 saturated heterocycles. The molecule has 0 aliphatic heterocycles. The smallest absolute Gasteiger partial charge is 0.237 e. The third-order valence-corrected chi connectivity index (χ3v) is 1.66. The van der Waals surface area contributed by atoms with Crippen molar-refractivity contribution in [3.8, 4) is 5.88 Å². The fourth-order valence-electron chi connectivity index (χ4n) is 1.01. The van der Waals surface area contributed by atoms with Crippen LogP contribution in [-0.4, -0.2) is 23.8 Å². The van der Waals surface area contributed by atoms with E-state index in [1.54, 1.807) is 18.3 Å². The highest BCUT2D eigenvalue weighted by Crippen LogP contribution is 2.15. The second kappa shape index (κ2) is 4.98. The summed E-state index contributed by atoms with van der Waals surface area (Å²) in [6.45, 7) is 6.99. The first-order valence-corrected chi connectivity index (χ1v) is 4.96. The molecule has 0 fully saturated rings. The Morgan fingerprint density at radius 3 is 2.67 bits per heavy atom. The number of anilines is 1. The van der Waals surface area contributed by atoms with Gasteiger partial charge in [-0.05, 0) is 32.9 Å². The highest BCUT2D eigenvalue weighted by atomic mass is 16.5. The first-order chi connectivity index (χ1) is 6.99. The van der Waals surface area contributed by atoms with E-state index in [9.17, 15) is 0 Å². The Labute approximate surface area is 90.4 Å². The van der Waals surface area contributed by atoms with E-state index >= 15 is 0 Å². The van der Waals surface area contributed by atoms with Crippen LogP contribution in [0, 0.1) is 0 Å². The molecule has 0 radical (unpaired) electrons. The number of hydrogen-bond donors (Lipinski definition) is 1. The quantitative estimate of drug-likeness (QED) is 0.771. The van der Waals surface area contributed by atoms with Crippen LogP contribution in [0.2, 0.25) is 0 Å². The third kappa shape index (κ3) is 4.65. The van der Waals surface area contributed by atoms with Gasteiger partial charge in [0.1, 0.15) is 6.61 Å². The van der Waals surface area contributed by atoms with Crippen LogP contribution in [0.3, 0.4) is 0 Å². The summed E-state index contributed by atoms with van der Waals surface area (Å²) in [5.41, 5.74) is 6.07. The maximum atomic E-state index is 5.66. The number of nitrogens with zero attached hydrogens (tertiary/aromatic N) is 1. The molecule has 2 N–H and O–H groups in total. The molecule has 1 aromatic heterocycles. The second-order valence-electron chi connectivity index (χ2n) is 4.21. The molecule has 0 aromatic carbocycles. The fourth-order valence-corrected chi connectivity index (χ4v) is 1.01. The van der Waals surface area contributed by atoms with Gasteiger partial charge in [-0.3, -0.25) is 0 Å². The van der Waals surface area contributed by atoms with E-state index in [-0.39, 0.29) is 5.60 Å². The van der Waals surface area contributed by atoms with Gasteiger partial charge in [0.05, 0.1) is 17.9 Å². The highest BCUT2D eigenvalue weighted by molar-refractivity contribution is 5.46. The van der Waals surface area contributed by atoms with Crippen LogP contribution in [0.1, 0.15) is 20.8 Å². The minimum atomic E-state index is -0.140. The molecule has 0 aliphatic carbocycles. The minimum absolute atomic E-state index is 0.140. The molecule has 0 amide bonds. The molecule has 1 aromatic rings. The fraction of sp³-hybridized carbons (Fsp3) is 0.545. The Bertz CT molecular complexity index is 308. The lowest BCUT2D eigenvalue weighted by molar-refractivity contribution is -0.0167. The van der Waals surface area contributed by atoms with Crippen molar-refractivity contribution in [3.05, 3.63) is 18.3 Å². The largest absolute Gasteiger partial charge is 0.474 e. The Morgan fingerprint density at radius 2 is 2.07 bits per heavy atom. The standard InChI is InChI=1S/C11H18N2O2/c1-11(2,3)15-8-7-14-10-9(12)5-4-6-13-10/h4-6H,7-8,12H2,1-3H3. The van der Waals surface area contributed by atoms with Crippen LogP contribution in [0.15, 0.2) is 18.3 Å². The van der Waals surface area contributed by atoms with Gasteiger partial charge in [0.15, 0.2) is 0 Å². The van der Waals surface area contributed by atoms with Gasteiger partial charge in [0.2, 0.25) is 5.88 Å². The molecule has 15 heavy (non-hydrogen) atoms. The summed E-state index contributed by atoms with van der Waals surface area (Å²) in [4.78, 5) is 4.01. The van der Waals surface area contributed by atoms with E-state index in [0.717, 1.165) is 0 Å². The summed E-state index contributed by atoms with van der Waals surface area (Å²) >= 11 is 0. The van der Waals surface area contributed by atoms with E-state index < -0.39 is 0 Å². The summed E-state index contributed by atoms with van der Waals surface area (Å²) in [6.07, 6.45) is 1.65. The predicted octanol–water partition coefficient (Wildman–Crippen LogP) is 1.86. The number of rotatable bonds is 4. The summed E-state index contributed by atoms with van der Waals surface area (Å²) in [5, 5.41) is 0. The maximum Gasteiger partial charge on any atom is 0.237 e. The van der Waals surface area contributed by atoms with E-state index in [0.29, 0.717) is 24.8 Å². The Balaban J connectivity index is 2.30. The SMILES string of the molecule is CC(C)(C)OCCOc1ncccc1N. The first-order valence-electron chi connectivity index (χ1n) is 4.96. The van der Waals surface area contributed by atoms with Crippen molar-refractivity contribution in [3.63, 3.8) is 0 Å². The highest BCUT2D eigenvalue weighted by Gasteiger charge is 2.09. The van der Waals surface area contributed by atoms with Crippen LogP contribution in [-0.2, 0) is 4.74 Å². The molecule has 0 spiro atoms. The van der Waals surface area contributed by atoms with Gasteiger partial charge in [0, 0.05) is 6.20 Å². The summed E-state index contributed by atoms with van der Waals surface area (Å²) in [6, 6.07) is 3.53. The molecule has 84 valence electrons. The third-order valence-electron chi connectivity index (χ3n) is 1.66. The van der Waals surface area contributed by atoms with Gasteiger partial charge in [-0.1, -0.05) is 0 Å². The van der Waals surface area contributed by atoms with Gasteiger partial charge >= 0.3 is 0 Å². The molecule has 0 atom stereocenters. The van der Waals surface area contributed by atoms with Crippen molar-refractivity contribution in [1.29, 1.82) is 0 Å². The zero-order chi connectivity index (χ0) is 11.3. The second-order valence-corrected chi connectivity index (χ2v) is 4.21. The summed E-state index contributed by atoms with van der Waals surface area (Å²) in [5.74, 6) is 0.468. The van der Waals surface area contributed by atoms with Crippen LogP contribution in [0.25, 0.3) is 0 Å². The van der Waals surface area contributed by atoms with Gasteiger partial charge in [-0.25, -0.2) is 4.98 Å².